The highest BCUT2D eigenvalue weighted by atomic mass is 19.1. The Labute approximate surface area is 134 Å². The molecule has 0 aromatic heterocycles. The number of urea groups is 1. The number of hydrogen-bond acceptors (Lipinski definition) is 3. The number of halogens is 1. The van der Waals surface area contributed by atoms with Crippen molar-refractivity contribution in [1.82, 2.24) is 5.32 Å². The number of ether oxygens (including phenoxy) is 1. The van der Waals surface area contributed by atoms with Crippen LogP contribution in [0.5, 0.6) is 11.5 Å². The number of anilines is 1. The van der Waals surface area contributed by atoms with Crippen molar-refractivity contribution in [2.75, 3.05) is 11.9 Å². The number of amides is 2. The third-order valence-corrected chi connectivity index (χ3v) is 3.01. The van der Waals surface area contributed by atoms with Gasteiger partial charge in [-0.1, -0.05) is 18.2 Å². The molecule has 5 nitrogen and oxygen atoms in total. The van der Waals surface area contributed by atoms with Gasteiger partial charge in [0.1, 0.15) is 11.6 Å². The second-order valence-electron chi connectivity index (χ2n) is 5.68. The minimum atomic E-state index is -0.748. The lowest BCUT2D eigenvalue weighted by atomic mass is 10.1. The van der Waals surface area contributed by atoms with Crippen LogP contribution in [0, 0.1) is 5.82 Å². The van der Waals surface area contributed by atoms with E-state index in [-0.39, 0.29) is 6.61 Å². The summed E-state index contributed by atoms with van der Waals surface area (Å²) in [5.41, 5.74) is -0.314. The number of aliphatic hydroxyl groups excluding tert-OH is 1. The molecular formula is C17H19FN2O3. The maximum atomic E-state index is 13.2. The monoisotopic (exact) mass is 318 g/mol. The lowest BCUT2D eigenvalue weighted by Gasteiger charge is -2.24. The van der Waals surface area contributed by atoms with Gasteiger partial charge in [-0.05, 0) is 38.1 Å². The maximum Gasteiger partial charge on any atom is 0.319 e. The van der Waals surface area contributed by atoms with Gasteiger partial charge in [0.15, 0.2) is 5.75 Å². The van der Waals surface area contributed by atoms with E-state index in [2.05, 4.69) is 10.6 Å². The Balaban J connectivity index is 2.13. The molecule has 0 fully saturated rings. The summed E-state index contributed by atoms with van der Waals surface area (Å²) in [5, 5.41) is 14.5. The lowest BCUT2D eigenvalue weighted by Crippen LogP contribution is -2.48. The molecule has 23 heavy (non-hydrogen) atoms. The molecule has 0 atom stereocenters. The molecule has 0 aliphatic rings. The van der Waals surface area contributed by atoms with Gasteiger partial charge in [0.2, 0.25) is 0 Å². The molecule has 3 N–H and O–H groups in total. The van der Waals surface area contributed by atoms with Crippen molar-refractivity contribution in [3.05, 3.63) is 54.3 Å². The highest BCUT2D eigenvalue weighted by molar-refractivity contribution is 5.91. The Bertz CT molecular complexity index is 689. The summed E-state index contributed by atoms with van der Waals surface area (Å²) >= 11 is 0. The van der Waals surface area contributed by atoms with Gasteiger partial charge in [-0.3, -0.25) is 0 Å². The van der Waals surface area contributed by atoms with E-state index in [0.29, 0.717) is 17.2 Å². The Hall–Kier alpha value is -2.60. The molecule has 2 aromatic rings. The minimum Gasteiger partial charge on any atom is -0.455 e. The van der Waals surface area contributed by atoms with Crippen molar-refractivity contribution < 1.29 is 19.0 Å². The summed E-state index contributed by atoms with van der Waals surface area (Å²) < 4.78 is 18.8. The highest BCUT2D eigenvalue weighted by Crippen LogP contribution is 2.29. The number of para-hydroxylation sites is 2. The van der Waals surface area contributed by atoms with E-state index < -0.39 is 17.4 Å². The molecular weight excluding hydrogens is 299 g/mol. The molecule has 0 radical (unpaired) electrons. The summed E-state index contributed by atoms with van der Waals surface area (Å²) in [6.07, 6.45) is 0. The number of carbonyl (C=O) groups excluding carboxylic acids is 1. The Morgan fingerprint density at radius 1 is 1.22 bits per heavy atom. The molecule has 2 aromatic carbocycles. The van der Waals surface area contributed by atoms with Crippen molar-refractivity contribution in [3.8, 4) is 11.5 Å². The molecule has 6 heteroatoms. The van der Waals surface area contributed by atoms with E-state index in [4.69, 9.17) is 4.74 Å². The van der Waals surface area contributed by atoms with Gasteiger partial charge in [-0.2, -0.15) is 0 Å². The fourth-order valence-corrected chi connectivity index (χ4v) is 1.82. The molecule has 0 heterocycles. The number of benzene rings is 2. The molecule has 0 bridgehead atoms. The van der Waals surface area contributed by atoms with Crippen LogP contribution >= 0.6 is 0 Å². The zero-order chi connectivity index (χ0) is 16.9. The van der Waals surface area contributed by atoms with Crippen LogP contribution in [0.1, 0.15) is 13.8 Å². The topological polar surface area (TPSA) is 70.6 Å². The normalized spacial score (nSPS) is 11.0. The van der Waals surface area contributed by atoms with Crippen LogP contribution in [0.2, 0.25) is 0 Å². The highest BCUT2D eigenvalue weighted by Gasteiger charge is 2.19. The molecule has 0 aliphatic heterocycles. The van der Waals surface area contributed by atoms with Crippen molar-refractivity contribution in [3.63, 3.8) is 0 Å². The third kappa shape index (κ3) is 4.96. The van der Waals surface area contributed by atoms with Crippen molar-refractivity contribution in [2.45, 2.75) is 19.4 Å². The fraction of sp³-hybridized carbons (Fsp3) is 0.235. The molecule has 0 spiro atoms. The number of hydrogen-bond donors (Lipinski definition) is 3. The van der Waals surface area contributed by atoms with Gasteiger partial charge in [0, 0.05) is 6.07 Å². The lowest BCUT2D eigenvalue weighted by molar-refractivity contribution is 0.187. The molecule has 0 unspecified atom stereocenters. The molecule has 0 saturated heterocycles. The zero-order valence-corrected chi connectivity index (χ0v) is 13.0. The Morgan fingerprint density at radius 3 is 2.65 bits per heavy atom. The standard InChI is InChI=1S/C17H19FN2O3/c1-17(2,11-21)20-16(22)19-14-8-3-4-9-15(14)23-13-7-5-6-12(18)10-13/h3-10,21H,11H2,1-2H3,(H2,19,20,22). The number of aliphatic hydroxyl groups is 1. The van der Waals surface area contributed by atoms with E-state index >= 15 is 0 Å². The van der Waals surface area contributed by atoms with Crippen LogP contribution in [0.25, 0.3) is 0 Å². The SMILES string of the molecule is CC(C)(CO)NC(=O)Nc1ccccc1Oc1cccc(F)c1. The van der Waals surface area contributed by atoms with Crippen LogP contribution in [0.3, 0.4) is 0 Å². The van der Waals surface area contributed by atoms with Crippen LogP contribution in [0.4, 0.5) is 14.9 Å². The Morgan fingerprint density at radius 2 is 1.96 bits per heavy atom. The van der Waals surface area contributed by atoms with Gasteiger partial charge in [-0.15, -0.1) is 0 Å². The van der Waals surface area contributed by atoms with E-state index in [1.165, 1.54) is 18.2 Å². The van der Waals surface area contributed by atoms with Gasteiger partial charge in [0.05, 0.1) is 17.8 Å². The smallest absolute Gasteiger partial charge is 0.319 e. The van der Waals surface area contributed by atoms with Crippen molar-refractivity contribution in [1.29, 1.82) is 0 Å². The first-order chi connectivity index (χ1) is 10.9. The molecule has 0 saturated carbocycles. The molecule has 0 aliphatic carbocycles. The third-order valence-electron chi connectivity index (χ3n) is 3.01. The summed E-state index contributed by atoms with van der Waals surface area (Å²) in [7, 11) is 0. The predicted octanol–water partition coefficient (Wildman–Crippen LogP) is 3.51. The first-order valence-corrected chi connectivity index (χ1v) is 7.12. The van der Waals surface area contributed by atoms with Gasteiger partial charge in [-0.25, -0.2) is 9.18 Å². The number of carbonyl (C=O) groups is 1. The number of nitrogens with one attached hydrogen (secondary N) is 2. The van der Waals surface area contributed by atoms with Gasteiger partial charge in [0.25, 0.3) is 0 Å². The van der Waals surface area contributed by atoms with Gasteiger partial charge < -0.3 is 20.5 Å². The number of rotatable bonds is 5. The minimum absolute atomic E-state index is 0.193. The second-order valence-corrected chi connectivity index (χ2v) is 5.68. The zero-order valence-electron chi connectivity index (χ0n) is 13.0. The van der Waals surface area contributed by atoms with E-state index in [1.54, 1.807) is 44.2 Å². The summed E-state index contributed by atoms with van der Waals surface area (Å²) in [5.74, 6) is 0.306. The second kappa shape index (κ2) is 7.11. The summed E-state index contributed by atoms with van der Waals surface area (Å²) in [4.78, 5) is 12.0. The fourth-order valence-electron chi connectivity index (χ4n) is 1.82. The maximum absolute atomic E-state index is 13.2. The first-order valence-electron chi connectivity index (χ1n) is 7.12. The van der Waals surface area contributed by atoms with E-state index in [9.17, 15) is 14.3 Å². The molecule has 122 valence electrons. The van der Waals surface area contributed by atoms with E-state index in [1.807, 2.05) is 0 Å². The van der Waals surface area contributed by atoms with Crippen LogP contribution in [-0.4, -0.2) is 23.3 Å². The Kier molecular flexibility index (Phi) is 5.18. The largest absolute Gasteiger partial charge is 0.455 e. The van der Waals surface area contributed by atoms with Crippen molar-refractivity contribution in [2.24, 2.45) is 0 Å². The van der Waals surface area contributed by atoms with E-state index in [0.717, 1.165) is 0 Å². The first kappa shape index (κ1) is 16.8. The average molecular weight is 318 g/mol. The summed E-state index contributed by atoms with van der Waals surface area (Å²) in [6.45, 7) is 3.20. The molecule has 2 amide bonds. The van der Waals surface area contributed by atoms with Crippen molar-refractivity contribution >= 4 is 11.7 Å². The van der Waals surface area contributed by atoms with Crippen LogP contribution in [0.15, 0.2) is 48.5 Å². The molecule has 2 rings (SSSR count). The predicted molar refractivity (Wildman–Crippen MR) is 86.2 cm³/mol. The average Bonchev–Trinajstić information content (AvgIpc) is 2.49. The van der Waals surface area contributed by atoms with Crippen LogP contribution < -0.4 is 15.4 Å². The summed E-state index contributed by atoms with van der Waals surface area (Å²) in [6, 6.07) is 12.1. The van der Waals surface area contributed by atoms with Crippen LogP contribution in [-0.2, 0) is 0 Å². The quantitative estimate of drug-likeness (QED) is 0.790. The van der Waals surface area contributed by atoms with Gasteiger partial charge >= 0.3 is 6.03 Å².